The number of hydrogen-bond acceptors (Lipinski definition) is 9. The van der Waals surface area contributed by atoms with Crippen LogP contribution in [0.25, 0.3) is 0 Å². The van der Waals surface area contributed by atoms with Gasteiger partial charge in [0.1, 0.15) is 18.1 Å². The van der Waals surface area contributed by atoms with E-state index in [0.717, 1.165) is 0 Å². The van der Waals surface area contributed by atoms with Crippen LogP contribution in [0.5, 0.6) is 0 Å². The summed E-state index contributed by atoms with van der Waals surface area (Å²) in [5.74, 6) is -9.41. The number of carboxylic acid groups (broad SMARTS) is 4. The lowest BCUT2D eigenvalue weighted by molar-refractivity contribution is -0.147. The number of thiol groups is 1. The molecule has 0 aromatic heterocycles. The summed E-state index contributed by atoms with van der Waals surface area (Å²) in [6.07, 6.45) is -2.72. The molecule has 0 aliphatic carbocycles. The van der Waals surface area contributed by atoms with Crippen LogP contribution in [0.4, 0.5) is 0 Å². The van der Waals surface area contributed by atoms with Gasteiger partial charge in [0.2, 0.25) is 17.7 Å². The van der Waals surface area contributed by atoms with E-state index in [1.165, 1.54) is 0 Å². The molecule has 0 saturated carbocycles. The van der Waals surface area contributed by atoms with Gasteiger partial charge >= 0.3 is 23.9 Å². The number of carboxylic acids is 4. The maximum Gasteiger partial charge on any atom is 0.326 e. The third-order valence-corrected chi connectivity index (χ3v) is 4.19. The van der Waals surface area contributed by atoms with Crippen molar-refractivity contribution in [3.05, 3.63) is 0 Å². The summed E-state index contributed by atoms with van der Waals surface area (Å²) >= 11 is 3.86. The van der Waals surface area contributed by atoms with E-state index in [9.17, 15) is 33.6 Å². The summed E-state index contributed by atoms with van der Waals surface area (Å²) in [5.41, 5.74) is 5.40. The van der Waals surface area contributed by atoms with Gasteiger partial charge < -0.3 is 42.1 Å². The van der Waals surface area contributed by atoms with Crippen LogP contribution >= 0.6 is 12.6 Å². The average molecular weight is 480 g/mol. The fourth-order valence-electron chi connectivity index (χ4n) is 2.21. The third kappa shape index (κ3) is 11.1. The predicted octanol–water partition coefficient (Wildman–Crippen LogP) is -3.40. The van der Waals surface area contributed by atoms with Gasteiger partial charge in [-0.25, -0.2) is 4.79 Å². The lowest BCUT2D eigenvalue weighted by Crippen LogP contribution is -2.58. The minimum absolute atomic E-state index is 0.366. The van der Waals surface area contributed by atoms with E-state index in [0.29, 0.717) is 0 Å². The Morgan fingerprint density at radius 2 is 1.16 bits per heavy atom. The zero-order chi connectivity index (χ0) is 25.0. The normalized spacial score (nSPS) is 14.2. The summed E-state index contributed by atoms with van der Waals surface area (Å²) in [4.78, 5) is 80.1. The maximum atomic E-state index is 12.5. The van der Waals surface area contributed by atoms with Gasteiger partial charge in [0.25, 0.3) is 0 Å². The molecule has 16 heteroatoms. The second-order valence-corrected chi connectivity index (χ2v) is 6.80. The van der Waals surface area contributed by atoms with E-state index < -0.39 is 91.4 Å². The number of aliphatic carboxylic acids is 4. The van der Waals surface area contributed by atoms with Gasteiger partial charge in [-0.15, -0.1) is 0 Å². The summed E-state index contributed by atoms with van der Waals surface area (Å²) in [6, 6.07) is -6.33. The molecule has 0 saturated heterocycles. The molecule has 3 amide bonds. The molecule has 4 atom stereocenters. The molecule has 0 spiro atoms. The Labute approximate surface area is 186 Å². The van der Waals surface area contributed by atoms with Gasteiger partial charge in [0.15, 0.2) is 0 Å². The molecular formula is C16H24N4O11S. The maximum absolute atomic E-state index is 12.5. The van der Waals surface area contributed by atoms with Crippen LogP contribution in [-0.2, 0) is 33.6 Å². The number of nitrogens with two attached hydrogens (primary N) is 1. The Morgan fingerprint density at radius 1 is 0.688 bits per heavy atom. The molecule has 0 rings (SSSR count). The molecule has 9 N–H and O–H groups in total. The average Bonchev–Trinajstić information content (AvgIpc) is 2.66. The number of hydrogen-bond donors (Lipinski definition) is 9. The molecular weight excluding hydrogens is 456 g/mol. The van der Waals surface area contributed by atoms with Crippen LogP contribution in [0.2, 0.25) is 0 Å². The van der Waals surface area contributed by atoms with Crippen molar-refractivity contribution in [2.75, 3.05) is 5.75 Å². The van der Waals surface area contributed by atoms with Crippen molar-refractivity contribution in [3.8, 4) is 0 Å². The van der Waals surface area contributed by atoms with E-state index in [2.05, 4.69) is 23.3 Å². The highest BCUT2D eigenvalue weighted by Gasteiger charge is 2.31. The first-order chi connectivity index (χ1) is 14.8. The van der Waals surface area contributed by atoms with E-state index in [1.807, 2.05) is 5.32 Å². The number of nitrogens with one attached hydrogen (secondary N) is 3. The van der Waals surface area contributed by atoms with Crippen molar-refractivity contribution in [2.45, 2.75) is 49.9 Å². The van der Waals surface area contributed by atoms with Crippen molar-refractivity contribution >= 4 is 54.2 Å². The predicted molar refractivity (Wildman–Crippen MR) is 107 cm³/mol. The molecule has 0 radical (unpaired) electrons. The van der Waals surface area contributed by atoms with Gasteiger partial charge in [-0.05, 0) is 6.42 Å². The van der Waals surface area contributed by atoms with Gasteiger partial charge in [-0.1, -0.05) is 0 Å². The quantitative estimate of drug-likeness (QED) is 0.104. The van der Waals surface area contributed by atoms with Crippen LogP contribution in [0.1, 0.15) is 25.7 Å². The summed E-state index contributed by atoms with van der Waals surface area (Å²) in [6.45, 7) is 0. The molecule has 0 aromatic carbocycles. The van der Waals surface area contributed by atoms with Gasteiger partial charge in [0.05, 0.1) is 18.9 Å². The van der Waals surface area contributed by atoms with E-state index >= 15 is 0 Å². The monoisotopic (exact) mass is 480 g/mol. The molecule has 32 heavy (non-hydrogen) atoms. The zero-order valence-electron chi connectivity index (χ0n) is 16.5. The number of amides is 3. The minimum Gasteiger partial charge on any atom is -0.481 e. The van der Waals surface area contributed by atoms with Crippen LogP contribution in [0.3, 0.4) is 0 Å². The van der Waals surface area contributed by atoms with Crippen LogP contribution in [-0.4, -0.2) is 91.9 Å². The highest BCUT2D eigenvalue weighted by atomic mass is 32.1. The standard InChI is InChI=1S/C16H24N4O11S/c17-6(3-11(23)24)13(27)18-7(1-2-10(21)22)14(28)20-9(5-32)15(29)19-8(16(30)31)4-12(25)26/h6-9,32H,1-5,17H2,(H,18,27)(H,19,29)(H,20,28)(H,21,22)(H,23,24)(H,25,26)(H,30,31). The first-order valence-corrected chi connectivity index (χ1v) is 9.57. The van der Waals surface area contributed by atoms with Crippen molar-refractivity contribution in [1.82, 2.24) is 16.0 Å². The second-order valence-electron chi connectivity index (χ2n) is 6.44. The smallest absolute Gasteiger partial charge is 0.326 e. The third-order valence-electron chi connectivity index (χ3n) is 3.82. The molecule has 0 aliphatic heterocycles. The fourth-order valence-corrected chi connectivity index (χ4v) is 2.47. The molecule has 4 unspecified atom stereocenters. The second kappa shape index (κ2) is 13.8. The van der Waals surface area contributed by atoms with E-state index in [1.54, 1.807) is 0 Å². The van der Waals surface area contributed by atoms with Gasteiger partial charge in [-0.3, -0.25) is 28.8 Å². The topological polar surface area (TPSA) is 263 Å². The molecule has 0 bridgehead atoms. The minimum atomic E-state index is -1.80. The fraction of sp³-hybridized carbons (Fsp3) is 0.562. The van der Waals surface area contributed by atoms with Crippen molar-refractivity contribution in [2.24, 2.45) is 5.73 Å². The van der Waals surface area contributed by atoms with Crippen molar-refractivity contribution in [1.29, 1.82) is 0 Å². The zero-order valence-corrected chi connectivity index (χ0v) is 17.4. The highest BCUT2D eigenvalue weighted by Crippen LogP contribution is 2.03. The summed E-state index contributed by atoms with van der Waals surface area (Å²) in [7, 11) is 0. The molecule has 15 nitrogen and oxygen atoms in total. The molecule has 0 aliphatic rings. The Balaban J connectivity index is 5.33. The van der Waals surface area contributed by atoms with E-state index in [-0.39, 0.29) is 5.75 Å². The Kier molecular flexibility index (Phi) is 12.3. The SMILES string of the molecule is NC(CC(=O)O)C(=O)NC(CCC(=O)O)C(=O)NC(CS)C(=O)NC(CC(=O)O)C(=O)O. The summed E-state index contributed by atoms with van der Waals surface area (Å²) in [5, 5.41) is 41.4. The molecule has 0 aromatic rings. The molecule has 0 heterocycles. The highest BCUT2D eigenvalue weighted by molar-refractivity contribution is 7.80. The first kappa shape index (κ1) is 28.6. The molecule has 180 valence electrons. The van der Waals surface area contributed by atoms with Gasteiger partial charge in [0, 0.05) is 12.2 Å². The van der Waals surface area contributed by atoms with Crippen LogP contribution < -0.4 is 21.7 Å². The summed E-state index contributed by atoms with van der Waals surface area (Å²) < 4.78 is 0. The lowest BCUT2D eigenvalue weighted by atomic mass is 10.1. The Bertz CT molecular complexity index is 760. The Morgan fingerprint density at radius 3 is 1.59 bits per heavy atom. The lowest BCUT2D eigenvalue weighted by Gasteiger charge is -2.24. The number of rotatable bonds is 15. The Hall–Kier alpha value is -3.40. The van der Waals surface area contributed by atoms with Crippen LogP contribution in [0.15, 0.2) is 0 Å². The van der Waals surface area contributed by atoms with Crippen LogP contribution in [0, 0.1) is 0 Å². The van der Waals surface area contributed by atoms with Crippen molar-refractivity contribution < 1.29 is 54.0 Å². The molecule has 0 fully saturated rings. The van der Waals surface area contributed by atoms with E-state index in [4.69, 9.17) is 26.2 Å². The van der Waals surface area contributed by atoms with Gasteiger partial charge in [-0.2, -0.15) is 12.6 Å². The largest absolute Gasteiger partial charge is 0.481 e. The number of carbonyl (C=O) groups is 7. The number of carbonyl (C=O) groups excluding carboxylic acids is 3. The first-order valence-electron chi connectivity index (χ1n) is 8.94. The van der Waals surface area contributed by atoms with Crippen molar-refractivity contribution in [3.63, 3.8) is 0 Å².